The zero-order chi connectivity index (χ0) is 15.6. The van der Waals surface area contributed by atoms with Crippen LogP contribution in [0.3, 0.4) is 0 Å². The Hall–Kier alpha value is -1.86. The summed E-state index contributed by atoms with van der Waals surface area (Å²) in [6.07, 6.45) is 1.12. The third-order valence-electron chi connectivity index (χ3n) is 4.11. The molecular weight excluding hydrogens is 276 g/mol. The van der Waals surface area contributed by atoms with Crippen molar-refractivity contribution < 1.29 is 20.1 Å². The predicted molar refractivity (Wildman–Crippen MR) is 74.9 cm³/mol. The summed E-state index contributed by atoms with van der Waals surface area (Å²) in [5, 5.41) is 28.1. The average molecular weight is 296 g/mol. The minimum absolute atomic E-state index is 0.278. The molecule has 21 heavy (non-hydrogen) atoms. The molecule has 1 aliphatic rings. The Balaban J connectivity index is 2.16. The highest BCUT2D eigenvalue weighted by Crippen LogP contribution is 2.21. The highest BCUT2D eigenvalue weighted by molar-refractivity contribution is 5.70. The monoisotopic (exact) mass is 296 g/mol. The van der Waals surface area contributed by atoms with Gasteiger partial charge in [0.1, 0.15) is 0 Å². The fraction of sp³-hybridized carbons (Fsp3) is 0.571. The Labute approximate surface area is 122 Å². The van der Waals surface area contributed by atoms with Gasteiger partial charge < -0.3 is 19.9 Å². The summed E-state index contributed by atoms with van der Waals surface area (Å²) < 4.78 is 1.61. The quantitative estimate of drug-likeness (QED) is 0.716. The number of aliphatic carboxylic acids is 1. The van der Waals surface area contributed by atoms with E-state index in [0.717, 1.165) is 0 Å². The maximum atomic E-state index is 11.7. The molecule has 7 nitrogen and oxygen atoms in total. The molecule has 0 aromatic carbocycles. The SMILES string of the molecule is Cn1c(CO)cc(=O)c(O)c1CN1CCC(C(=O)O)CC1. The zero-order valence-electron chi connectivity index (χ0n) is 11.9. The molecule has 0 bridgehead atoms. The molecule has 0 aliphatic carbocycles. The number of aliphatic hydroxyl groups is 1. The highest BCUT2D eigenvalue weighted by atomic mass is 16.4. The lowest BCUT2D eigenvalue weighted by molar-refractivity contribution is -0.143. The van der Waals surface area contributed by atoms with Gasteiger partial charge in [-0.1, -0.05) is 0 Å². The number of hydrogen-bond acceptors (Lipinski definition) is 5. The van der Waals surface area contributed by atoms with Crippen LogP contribution in [-0.2, 0) is 25.0 Å². The van der Waals surface area contributed by atoms with Crippen LogP contribution in [0.4, 0.5) is 0 Å². The van der Waals surface area contributed by atoms with Crippen molar-refractivity contribution in [3.05, 3.63) is 27.7 Å². The molecular formula is C14H20N2O5. The number of hydrogen-bond donors (Lipinski definition) is 3. The van der Waals surface area contributed by atoms with Crippen molar-refractivity contribution in [3.8, 4) is 5.75 Å². The molecule has 1 aliphatic heterocycles. The lowest BCUT2D eigenvalue weighted by Crippen LogP contribution is -2.36. The number of nitrogens with zero attached hydrogens (tertiary/aromatic N) is 2. The number of carboxylic acid groups (broad SMARTS) is 1. The molecule has 1 aromatic heterocycles. The van der Waals surface area contributed by atoms with E-state index >= 15 is 0 Å². The van der Waals surface area contributed by atoms with Crippen LogP contribution in [0.2, 0.25) is 0 Å². The van der Waals surface area contributed by atoms with Crippen molar-refractivity contribution in [1.29, 1.82) is 0 Å². The van der Waals surface area contributed by atoms with Crippen molar-refractivity contribution >= 4 is 5.97 Å². The van der Waals surface area contributed by atoms with E-state index < -0.39 is 11.4 Å². The Morgan fingerprint density at radius 2 is 2.00 bits per heavy atom. The standard InChI is InChI=1S/C14H20N2O5/c1-15-10(8-17)6-12(18)13(19)11(15)7-16-4-2-9(3-5-16)14(20)21/h6,9,17,19H,2-5,7-8H2,1H3,(H,20,21). The summed E-state index contributed by atoms with van der Waals surface area (Å²) >= 11 is 0. The number of rotatable bonds is 4. The minimum atomic E-state index is -0.771. The highest BCUT2D eigenvalue weighted by Gasteiger charge is 2.25. The summed E-state index contributed by atoms with van der Waals surface area (Å²) in [6, 6.07) is 1.22. The van der Waals surface area contributed by atoms with Gasteiger partial charge in [0.2, 0.25) is 5.43 Å². The van der Waals surface area contributed by atoms with Crippen molar-refractivity contribution in [2.45, 2.75) is 26.0 Å². The lowest BCUT2D eigenvalue weighted by atomic mass is 9.97. The van der Waals surface area contributed by atoms with E-state index in [-0.39, 0.29) is 18.3 Å². The van der Waals surface area contributed by atoms with Gasteiger partial charge in [-0.2, -0.15) is 0 Å². The van der Waals surface area contributed by atoms with Crippen LogP contribution in [0.1, 0.15) is 24.2 Å². The fourth-order valence-electron chi connectivity index (χ4n) is 2.67. The van der Waals surface area contributed by atoms with Crippen LogP contribution >= 0.6 is 0 Å². The second-order valence-electron chi connectivity index (χ2n) is 5.40. The normalized spacial score (nSPS) is 17.0. The number of piperidine rings is 1. The van der Waals surface area contributed by atoms with E-state index in [1.54, 1.807) is 11.6 Å². The van der Waals surface area contributed by atoms with E-state index in [4.69, 9.17) is 5.11 Å². The minimum Gasteiger partial charge on any atom is -0.503 e. The van der Waals surface area contributed by atoms with Crippen LogP contribution < -0.4 is 5.43 Å². The number of aliphatic hydroxyl groups excluding tert-OH is 1. The first-order chi connectivity index (χ1) is 9.93. The Morgan fingerprint density at radius 1 is 1.38 bits per heavy atom. The van der Waals surface area contributed by atoms with Gasteiger partial charge >= 0.3 is 5.97 Å². The van der Waals surface area contributed by atoms with Crippen LogP contribution in [0.25, 0.3) is 0 Å². The topological polar surface area (TPSA) is 103 Å². The Bertz CT molecular complexity index is 588. The molecule has 0 saturated carbocycles. The molecule has 0 radical (unpaired) electrons. The summed E-state index contributed by atoms with van der Waals surface area (Å²) in [7, 11) is 1.68. The lowest BCUT2D eigenvalue weighted by Gasteiger charge is -2.30. The fourth-order valence-corrected chi connectivity index (χ4v) is 2.67. The van der Waals surface area contributed by atoms with Crippen LogP contribution in [0.5, 0.6) is 5.75 Å². The van der Waals surface area contributed by atoms with Crippen molar-refractivity contribution in [2.75, 3.05) is 13.1 Å². The van der Waals surface area contributed by atoms with Gasteiger partial charge in [0.25, 0.3) is 0 Å². The maximum Gasteiger partial charge on any atom is 0.306 e. The number of carbonyl (C=O) groups is 1. The summed E-state index contributed by atoms with van der Waals surface area (Å²) in [4.78, 5) is 24.6. The van der Waals surface area contributed by atoms with Crippen molar-refractivity contribution in [2.24, 2.45) is 13.0 Å². The zero-order valence-corrected chi connectivity index (χ0v) is 11.9. The van der Waals surface area contributed by atoms with Crippen LogP contribution in [0.15, 0.2) is 10.9 Å². The molecule has 116 valence electrons. The van der Waals surface area contributed by atoms with Gasteiger partial charge in [0.05, 0.1) is 18.2 Å². The molecule has 0 spiro atoms. The number of aromatic hydroxyl groups is 1. The average Bonchev–Trinajstić information content (AvgIpc) is 2.47. The summed E-state index contributed by atoms with van der Waals surface area (Å²) in [6.45, 7) is 1.29. The predicted octanol–water partition coefficient (Wildman–Crippen LogP) is -0.120. The van der Waals surface area contributed by atoms with Gasteiger partial charge in [-0.05, 0) is 25.9 Å². The first-order valence-electron chi connectivity index (χ1n) is 6.90. The third-order valence-corrected chi connectivity index (χ3v) is 4.11. The number of pyridine rings is 1. The Morgan fingerprint density at radius 3 is 2.52 bits per heavy atom. The molecule has 1 saturated heterocycles. The van der Waals surface area contributed by atoms with Gasteiger partial charge in [-0.3, -0.25) is 14.5 Å². The molecule has 2 rings (SSSR count). The molecule has 0 atom stereocenters. The Kier molecular flexibility index (Phi) is 4.64. The maximum absolute atomic E-state index is 11.7. The smallest absolute Gasteiger partial charge is 0.306 e. The van der Waals surface area contributed by atoms with Crippen molar-refractivity contribution in [3.63, 3.8) is 0 Å². The number of likely N-dealkylation sites (tertiary alicyclic amines) is 1. The number of carboxylic acids is 1. The molecule has 7 heteroatoms. The van der Waals surface area contributed by atoms with E-state index in [1.807, 2.05) is 4.90 Å². The first-order valence-corrected chi connectivity index (χ1v) is 6.90. The largest absolute Gasteiger partial charge is 0.503 e. The molecule has 1 aromatic rings. The van der Waals surface area contributed by atoms with E-state index in [9.17, 15) is 19.8 Å². The van der Waals surface area contributed by atoms with E-state index in [2.05, 4.69) is 0 Å². The molecule has 2 heterocycles. The molecule has 3 N–H and O–H groups in total. The van der Waals surface area contributed by atoms with Gasteiger partial charge in [-0.25, -0.2) is 0 Å². The van der Waals surface area contributed by atoms with Gasteiger partial charge in [-0.15, -0.1) is 0 Å². The first kappa shape index (κ1) is 15.5. The number of aromatic nitrogens is 1. The summed E-state index contributed by atoms with van der Waals surface area (Å²) in [5.74, 6) is -1.40. The molecule has 1 fully saturated rings. The third kappa shape index (κ3) is 3.25. The molecule has 0 unspecified atom stereocenters. The van der Waals surface area contributed by atoms with Crippen LogP contribution in [0, 0.1) is 5.92 Å². The van der Waals surface area contributed by atoms with Gasteiger partial charge in [0, 0.05) is 25.4 Å². The second-order valence-corrected chi connectivity index (χ2v) is 5.40. The van der Waals surface area contributed by atoms with E-state index in [1.165, 1.54) is 6.07 Å². The van der Waals surface area contributed by atoms with Crippen molar-refractivity contribution in [1.82, 2.24) is 9.47 Å². The molecule has 0 amide bonds. The van der Waals surface area contributed by atoms with Gasteiger partial charge in [0.15, 0.2) is 5.75 Å². The van der Waals surface area contributed by atoms with E-state index in [0.29, 0.717) is 43.9 Å². The summed E-state index contributed by atoms with van der Waals surface area (Å²) in [5.41, 5.74) is 0.376. The second kappa shape index (κ2) is 6.28. The van der Waals surface area contributed by atoms with Crippen LogP contribution in [-0.4, -0.2) is 43.8 Å².